The van der Waals surface area contributed by atoms with Crippen LogP contribution in [0.4, 0.5) is 5.69 Å². The van der Waals surface area contributed by atoms with E-state index >= 15 is 0 Å². The van der Waals surface area contributed by atoms with Crippen LogP contribution in [0, 0.1) is 5.92 Å². The van der Waals surface area contributed by atoms with Gasteiger partial charge in [-0.2, -0.15) is 0 Å². The number of nitrogens with one attached hydrogen (secondary N) is 1. The van der Waals surface area contributed by atoms with Gasteiger partial charge in [0.2, 0.25) is 5.91 Å². The number of Topliss-reactive ketones (excluding diaryl/α,β-unsaturated/α-hetero) is 1. The van der Waals surface area contributed by atoms with E-state index in [1.165, 1.54) is 11.3 Å². The fourth-order valence-electron chi connectivity index (χ4n) is 5.61. The lowest BCUT2D eigenvalue weighted by atomic mass is 10.0. The Balaban J connectivity index is 1.32. The quantitative estimate of drug-likeness (QED) is 0.487. The van der Waals surface area contributed by atoms with Gasteiger partial charge in [-0.05, 0) is 60.5 Å². The number of hydrogen-bond acceptors (Lipinski definition) is 6. The number of carbonyl (C=O) groups excluding carboxylic acids is 4. The van der Waals surface area contributed by atoms with Crippen LogP contribution in [0.5, 0.6) is 0 Å². The second-order valence-electron chi connectivity index (χ2n) is 11.0. The number of nitrogens with zero attached hydrogens (tertiary/aromatic N) is 3. The van der Waals surface area contributed by atoms with E-state index in [1.54, 1.807) is 21.9 Å². The molecule has 3 heterocycles. The molecular formula is C30H34N4O4S. The highest BCUT2D eigenvalue weighted by atomic mass is 32.1. The van der Waals surface area contributed by atoms with Crippen molar-refractivity contribution in [1.82, 2.24) is 15.1 Å². The van der Waals surface area contributed by atoms with Crippen LogP contribution in [-0.2, 0) is 9.59 Å². The first-order valence-electron chi connectivity index (χ1n) is 13.3. The number of anilines is 1. The van der Waals surface area contributed by atoms with Crippen molar-refractivity contribution >= 4 is 50.6 Å². The van der Waals surface area contributed by atoms with Crippen molar-refractivity contribution in [3.8, 4) is 0 Å². The smallest absolute Gasteiger partial charge is 0.264 e. The van der Waals surface area contributed by atoms with Crippen molar-refractivity contribution in [2.75, 3.05) is 32.1 Å². The topological polar surface area (TPSA) is 90.0 Å². The summed E-state index contributed by atoms with van der Waals surface area (Å²) in [5, 5.41) is 3.93. The van der Waals surface area contributed by atoms with E-state index < -0.39 is 12.1 Å². The molecule has 8 nitrogen and oxygen atoms in total. The summed E-state index contributed by atoms with van der Waals surface area (Å²) in [6.45, 7) is 4.36. The molecule has 3 aromatic rings. The summed E-state index contributed by atoms with van der Waals surface area (Å²) in [6, 6.07) is 15.1. The van der Waals surface area contributed by atoms with Gasteiger partial charge in [0.1, 0.15) is 12.1 Å². The van der Waals surface area contributed by atoms with E-state index in [1.807, 2.05) is 75.3 Å². The SMILES string of the molecule is CC(C)C[C@H](NC(=O)c1ccc(N(C)C)cc1)C(=O)N1CCC2[C@H]1C(=O)CN2C(=O)c1cc2ccccc2s1. The third-order valence-corrected chi connectivity index (χ3v) is 8.66. The van der Waals surface area contributed by atoms with Crippen molar-refractivity contribution < 1.29 is 19.2 Å². The first kappa shape index (κ1) is 26.9. The largest absolute Gasteiger partial charge is 0.378 e. The minimum absolute atomic E-state index is 0.00831. The Labute approximate surface area is 232 Å². The standard InChI is InChI=1S/C30H34N4O4S/c1-18(2)15-22(31-28(36)19-9-11-21(12-10-19)32(3)4)29(37)33-14-13-23-27(33)24(35)17-34(23)30(38)26-16-20-7-5-6-8-25(20)39-26/h5-12,16,18,22-23,27H,13-15,17H2,1-4H3,(H,31,36)/t22-,23?,27-/m0/s1. The average molecular weight is 547 g/mol. The summed E-state index contributed by atoms with van der Waals surface area (Å²) < 4.78 is 1.02. The van der Waals surface area contributed by atoms with Gasteiger partial charge in [0.15, 0.2) is 5.78 Å². The van der Waals surface area contributed by atoms with Gasteiger partial charge in [0.25, 0.3) is 11.8 Å². The molecule has 2 aromatic carbocycles. The average Bonchev–Trinajstić information content (AvgIpc) is 3.62. The molecule has 2 fully saturated rings. The number of ketones is 1. The van der Waals surface area contributed by atoms with E-state index in [4.69, 9.17) is 0 Å². The normalized spacial score (nSPS) is 19.5. The molecule has 1 aromatic heterocycles. The van der Waals surface area contributed by atoms with Crippen molar-refractivity contribution in [3.63, 3.8) is 0 Å². The number of carbonyl (C=O) groups is 4. The highest BCUT2D eigenvalue weighted by molar-refractivity contribution is 7.20. The molecule has 2 saturated heterocycles. The Morgan fingerprint density at radius 2 is 1.77 bits per heavy atom. The maximum atomic E-state index is 13.8. The van der Waals surface area contributed by atoms with E-state index in [-0.39, 0.29) is 42.0 Å². The first-order chi connectivity index (χ1) is 18.6. The highest BCUT2D eigenvalue weighted by Crippen LogP contribution is 2.34. The summed E-state index contributed by atoms with van der Waals surface area (Å²) in [4.78, 5) is 59.3. The number of benzene rings is 2. The Kier molecular flexibility index (Phi) is 7.44. The van der Waals surface area contributed by atoms with Crippen molar-refractivity contribution in [2.45, 2.75) is 44.8 Å². The number of thiophene rings is 1. The molecule has 5 rings (SSSR count). The summed E-state index contributed by atoms with van der Waals surface area (Å²) in [5.41, 5.74) is 1.44. The molecule has 0 spiro atoms. The monoisotopic (exact) mass is 546 g/mol. The van der Waals surface area contributed by atoms with Crippen LogP contribution in [0.25, 0.3) is 10.1 Å². The van der Waals surface area contributed by atoms with Gasteiger partial charge < -0.3 is 20.0 Å². The van der Waals surface area contributed by atoms with Gasteiger partial charge >= 0.3 is 0 Å². The highest BCUT2D eigenvalue weighted by Gasteiger charge is 2.52. The zero-order valence-electron chi connectivity index (χ0n) is 22.7. The maximum absolute atomic E-state index is 13.8. The molecule has 9 heteroatoms. The van der Waals surface area contributed by atoms with Gasteiger partial charge in [0, 0.05) is 36.6 Å². The maximum Gasteiger partial charge on any atom is 0.264 e. The second-order valence-corrected chi connectivity index (χ2v) is 12.1. The van der Waals surface area contributed by atoms with Gasteiger partial charge in [-0.15, -0.1) is 11.3 Å². The van der Waals surface area contributed by atoms with Crippen LogP contribution in [0.15, 0.2) is 54.6 Å². The summed E-state index contributed by atoms with van der Waals surface area (Å²) in [5.74, 6) is -0.735. The zero-order chi connectivity index (χ0) is 27.8. The minimum atomic E-state index is -0.759. The predicted molar refractivity (Wildman–Crippen MR) is 153 cm³/mol. The molecule has 3 atom stereocenters. The number of fused-ring (bicyclic) bond motifs is 2. The number of hydrogen-bond donors (Lipinski definition) is 1. The molecule has 0 radical (unpaired) electrons. The van der Waals surface area contributed by atoms with Crippen LogP contribution in [0.1, 0.15) is 46.7 Å². The predicted octanol–water partition coefficient (Wildman–Crippen LogP) is 3.81. The molecule has 204 valence electrons. The lowest BCUT2D eigenvalue weighted by molar-refractivity contribution is -0.138. The van der Waals surface area contributed by atoms with E-state index in [0.717, 1.165) is 15.8 Å². The van der Waals surface area contributed by atoms with Gasteiger partial charge in [0.05, 0.1) is 17.5 Å². The Morgan fingerprint density at radius 3 is 2.44 bits per heavy atom. The fraction of sp³-hybridized carbons (Fsp3) is 0.400. The molecule has 39 heavy (non-hydrogen) atoms. The van der Waals surface area contributed by atoms with Crippen molar-refractivity contribution in [2.24, 2.45) is 5.92 Å². The zero-order valence-corrected chi connectivity index (χ0v) is 23.5. The molecule has 2 aliphatic rings. The first-order valence-corrected chi connectivity index (χ1v) is 14.2. The van der Waals surface area contributed by atoms with Crippen LogP contribution in [0.3, 0.4) is 0 Å². The third-order valence-electron chi connectivity index (χ3n) is 7.56. The van der Waals surface area contributed by atoms with Crippen LogP contribution in [-0.4, -0.2) is 78.6 Å². The minimum Gasteiger partial charge on any atom is -0.378 e. The van der Waals surface area contributed by atoms with Crippen molar-refractivity contribution in [1.29, 1.82) is 0 Å². The number of rotatable bonds is 7. The fourth-order valence-corrected chi connectivity index (χ4v) is 6.63. The van der Waals surface area contributed by atoms with E-state index in [9.17, 15) is 19.2 Å². The number of amides is 3. The molecular weight excluding hydrogens is 512 g/mol. The molecule has 3 amide bonds. The summed E-state index contributed by atoms with van der Waals surface area (Å²) >= 11 is 1.42. The molecule has 2 aliphatic heterocycles. The summed E-state index contributed by atoms with van der Waals surface area (Å²) in [6.07, 6.45) is 0.986. The van der Waals surface area contributed by atoms with E-state index in [2.05, 4.69) is 5.32 Å². The molecule has 0 aliphatic carbocycles. The number of likely N-dealkylation sites (tertiary alicyclic amines) is 2. The lowest BCUT2D eigenvalue weighted by Crippen LogP contribution is -2.53. The molecule has 0 saturated carbocycles. The summed E-state index contributed by atoms with van der Waals surface area (Å²) in [7, 11) is 3.86. The van der Waals surface area contributed by atoms with Gasteiger partial charge in [-0.25, -0.2) is 0 Å². The lowest BCUT2D eigenvalue weighted by Gasteiger charge is -2.29. The third kappa shape index (κ3) is 5.28. The van der Waals surface area contributed by atoms with Crippen LogP contribution in [0.2, 0.25) is 0 Å². The molecule has 1 unspecified atom stereocenters. The van der Waals surface area contributed by atoms with Crippen LogP contribution < -0.4 is 10.2 Å². The van der Waals surface area contributed by atoms with E-state index in [0.29, 0.717) is 29.8 Å². The second kappa shape index (κ2) is 10.8. The van der Waals surface area contributed by atoms with Crippen molar-refractivity contribution in [3.05, 3.63) is 65.0 Å². The van der Waals surface area contributed by atoms with Gasteiger partial charge in [-0.3, -0.25) is 19.2 Å². The Bertz CT molecular complexity index is 1380. The molecule has 0 bridgehead atoms. The molecule has 1 N–H and O–H groups in total. The Morgan fingerprint density at radius 1 is 1.05 bits per heavy atom. The van der Waals surface area contributed by atoms with Gasteiger partial charge in [-0.1, -0.05) is 32.0 Å². The Hall–Kier alpha value is -3.72. The van der Waals surface area contributed by atoms with Crippen LogP contribution >= 0.6 is 11.3 Å².